The number of thiophene rings is 1. The van der Waals surface area contributed by atoms with Crippen molar-refractivity contribution in [2.45, 2.75) is 20.8 Å². The van der Waals surface area contributed by atoms with Gasteiger partial charge in [-0.2, -0.15) is 0 Å². The van der Waals surface area contributed by atoms with E-state index < -0.39 is 17.8 Å². The molecule has 3 rings (SSSR count). The lowest BCUT2D eigenvalue weighted by molar-refractivity contribution is 0.0601. The molecule has 0 radical (unpaired) electrons. The fourth-order valence-electron chi connectivity index (χ4n) is 3.11. The van der Waals surface area contributed by atoms with Crippen molar-refractivity contribution >= 4 is 45.5 Å². The molecule has 8 nitrogen and oxygen atoms in total. The van der Waals surface area contributed by atoms with E-state index >= 15 is 0 Å². The van der Waals surface area contributed by atoms with Crippen LogP contribution in [0, 0.1) is 13.8 Å². The lowest BCUT2D eigenvalue weighted by Gasteiger charge is -2.07. The summed E-state index contributed by atoms with van der Waals surface area (Å²) in [6.07, 6.45) is 0. The molecular formula is C24H25N3O5S. The van der Waals surface area contributed by atoms with Gasteiger partial charge in [-0.1, -0.05) is 6.07 Å². The number of hydrogen-bond donors (Lipinski definition) is 3. The molecule has 0 fully saturated rings. The normalized spacial score (nSPS) is 10.4. The molecule has 2 aromatic carbocycles. The van der Waals surface area contributed by atoms with Crippen molar-refractivity contribution < 1.29 is 23.9 Å². The molecule has 172 valence electrons. The van der Waals surface area contributed by atoms with E-state index in [1.807, 2.05) is 13.8 Å². The smallest absolute Gasteiger partial charge is 0.341 e. The van der Waals surface area contributed by atoms with Crippen molar-refractivity contribution in [1.82, 2.24) is 0 Å². The molecule has 0 aliphatic carbocycles. The van der Waals surface area contributed by atoms with E-state index in [0.29, 0.717) is 34.9 Å². The highest BCUT2D eigenvalue weighted by atomic mass is 32.1. The Bertz CT molecular complexity index is 1200. The number of aryl methyl sites for hydroxylation is 1. The van der Waals surface area contributed by atoms with Crippen LogP contribution in [0.4, 0.5) is 16.4 Å². The van der Waals surface area contributed by atoms with Gasteiger partial charge in [0.25, 0.3) is 11.8 Å². The van der Waals surface area contributed by atoms with Crippen LogP contribution in [0.25, 0.3) is 0 Å². The number of carbonyl (C=O) groups excluding carboxylic acids is 3. The fraction of sp³-hybridized carbons (Fsp3) is 0.208. The first kappa shape index (κ1) is 23.8. The predicted molar refractivity (Wildman–Crippen MR) is 130 cm³/mol. The first-order chi connectivity index (χ1) is 15.7. The van der Waals surface area contributed by atoms with Gasteiger partial charge >= 0.3 is 5.97 Å². The van der Waals surface area contributed by atoms with Crippen LogP contribution in [0.3, 0.4) is 0 Å². The van der Waals surface area contributed by atoms with Crippen LogP contribution in [0.2, 0.25) is 0 Å². The Morgan fingerprint density at radius 3 is 2.30 bits per heavy atom. The number of nitrogen functional groups attached to an aromatic ring is 1. The highest BCUT2D eigenvalue weighted by Gasteiger charge is 2.26. The highest BCUT2D eigenvalue weighted by Crippen LogP contribution is 2.35. The number of nitrogens with one attached hydrogen (secondary N) is 2. The molecule has 1 aromatic heterocycles. The summed E-state index contributed by atoms with van der Waals surface area (Å²) in [5.74, 6) is -0.821. The number of carbonyl (C=O) groups is 3. The second kappa shape index (κ2) is 10.2. The Morgan fingerprint density at radius 1 is 1.00 bits per heavy atom. The van der Waals surface area contributed by atoms with Crippen LogP contribution in [0.1, 0.15) is 48.4 Å². The molecule has 0 atom stereocenters. The number of nitrogens with two attached hydrogens (primary N) is 1. The van der Waals surface area contributed by atoms with Crippen LogP contribution in [0.15, 0.2) is 42.5 Å². The Kier molecular flexibility index (Phi) is 7.34. The van der Waals surface area contributed by atoms with Crippen molar-refractivity contribution in [2.75, 3.05) is 30.1 Å². The molecule has 2 amide bonds. The molecule has 3 aromatic rings. The summed E-state index contributed by atoms with van der Waals surface area (Å²) < 4.78 is 10.3. The van der Waals surface area contributed by atoms with E-state index in [-0.39, 0.29) is 15.4 Å². The van der Waals surface area contributed by atoms with E-state index in [1.54, 1.807) is 49.4 Å². The third-order valence-corrected chi connectivity index (χ3v) is 6.14. The number of anilines is 3. The van der Waals surface area contributed by atoms with Crippen molar-refractivity contribution in [3.8, 4) is 5.75 Å². The summed E-state index contributed by atoms with van der Waals surface area (Å²) >= 11 is 0.998. The van der Waals surface area contributed by atoms with Crippen LogP contribution in [0.5, 0.6) is 5.75 Å². The molecule has 4 N–H and O–H groups in total. The zero-order chi connectivity index (χ0) is 24.1. The molecule has 1 heterocycles. The van der Waals surface area contributed by atoms with E-state index in [4.69, 9.17) is 15.2 Å². The Labute approximate surface area is 195 Å². The molecule has 33 heavy (non-hydrogen) atoms. The molecular weight excluding hydrogens is 442 g/mol. The monoisotopic (exact) mass is 467 g/mol. The molecule has 9 heteroatoms. The quantitative estimate of drug-likeness (QED) is 0.344. The van der Waals surface area contributed by atoms with Crippen molar-refractivity contribution in [3.05, 3.63) is 69.6 Å². The van der Waals surface area contributed by atoms with Gasteiger partial charge in [0.2, 0.25) is 0 Å². The van der Waals surface area contributed by atoms with Crippen LogP contribution >= 0.6 is 11.3 Å². The zero-order valence-electron chi connectivity index (χ0n) is 18.8. The third kappa shape index (κ3) is 5.32. The summed E-state index contributed by atoms with van der Waals surface area (Å²) in [4.78, 5) is 38.4. The lowest BCUT2D eigenvalue weighted by atomic mass is 10.1. The van der Waals surface area contributed by atoms with E-state index in [0.717, 1.165) is 16.9 Å². The van der Waals surface area contributed by atoms with E-state index in [9.17, 15) is 14.4 Å². The van der Waals surface area contributed by atoms with Gasteiger partial charge < -0.3 is 25.8 Å². The second-order valence-electron chi connectivity index (χ2n) is 7.19. The van der Waals surface area contributed by atoms with Gasteiger partial charge in [-0.3, -0.25) is 9.59 Å². The third-order valence-electron chi connectivity index (χ3n) is 4.93. The summed E-state index contributed by atoms with van der Waals surface area (Å²) in [6.45, 7) is 5.90. The summed E-state index contributed by atoms with van der Waals surface area (Å²) in [6, 6.07) is 11.9. The Morgan fingerprint density at radius 2 is 1.70 bits per heavy atom. The number of methoxy groups -OCH3 is 1. The number of rotatable bonds is 7. The molecule has 0 aliphatic rings. The van der Waals surface area contributed by atoms with Gasteiger partial charge in [0.15, 0.2) is 0 Å². The van der Waals surface area contributed by atoms with Crippen LogP contribution in [-0.2, 0) is 4.74 Å². The van der Waals surface area contributed by atoms with Gasteiger partial charge in [0.1, 0.15) is 10.8 Å². The molecule has 0 saturated carbocycles. The fourth-order valence-corrected chi connectivity index (χ4v) is 4.20. The molecule has 0 unspecified atom stereocenters. The highest BCUT2D eigenvalue weighted by molar-refractivity contribution is 7.19. The van der Waals surface area contributed by atoms with Crippen molar-refractivity contribution in [1.29, 1.82) is 0 Å². The number of hydrogen-bond acceptors (Lipinski definition) is 7. The van der Waals surface area contributed by atoms with Gasteiger partial charge in [0.05, 0.1) is 24.2 Å². The van der Waals surface area contributed by atoms with Crippen LogP contribution < -0.4 is 21.1 Å². The predicted octanol–water partition coefficient (Wildman–Crippen LogP) is 4.64. The molecule has 0 saturated heterocycles. The van der Waals surface area contributed by atoms with Gasteiger partial charge in [-0.25, -0.2) is 4.79 Å². The van der Waals surface area contributed by atoms with Gasteiger partial charge in [0, 0.05) is 16.9 Å². The number of esters is 1. The topological polar surface area (TPSA) is 120 Å². The number of ether oxygens (including phenoxy) is 2. The largest absolute Gasteiger partial charge is 0.494 e. The maximum atomic E-state index is 12.9. The minimum absolute atomic E-state index is 0.132. The first-order valence-corrected chi connectivity index (χ1v) is 11.0. The summed E-state index contributed by atoms with van der Waals surface area (Å²) in [7, 11) is 1.24. The minimum Gasteiger partial charge on any atom is -0.494 e. The Balaban J connectivity index is 1.88. The first-order valence-electron chi connectivity index (χ1n) is 10.2. The van der Waals surface area contributed by atoms with Crippen LogP contribution in [-0.4, -0.2) is 31.5 Å². The Hall–Kier alpha value is -3.85. The van der Waals surface area contributed by atoms with Crippen molar-refractivity contribution in [3.63, 3.8) is 0 Å². The standard InChI is InChI=1S/C24H25N3O5S/c1-5-32-17-10-8-16(9-11-17)26-22(29)20-14(3)19(24(30)31-4)23(33-20)27-21(28)15-7-6-13(2)18(25)12-15/h6-12H,5,25H2,1-4H3,(H,26,29)(H,27,28). The van der Waals surface area contributed by atoms with Crippen molar-refractivity contribution in [2.24, 2.45) is 0 Å². The van der Waals surface area contributed by atoms with E-state index in [1.165, 1.54) is 7.11 Å². The maximum absolute atomic E-state index is 12.9. The minimum atomic E-state index is -0.650. The number of amides is 2. The molecule has 0 bridgehead atoms. The van der Waals surface area contributed by atoms with Gasteiger partial charge in [-0.15, -0.1) is 11.3 Å². The van der Waals surface area contributed by atoms with E-state index in [2.05, 4.69) is 10.6 Å². The number of benzene rings is 2. The SMILES string of the molecule is CCOc1ccc(NC(=O)c2sc(NC(=O)c3ccc(C)c(N)c3)c(C(=O)OC)c2C)cc1. The van der Waals surface area contributed by atoms with Gasteiger partial charge in [-0.05, 0) is 68.3 Å². The molecule has 0 spiro atoms. The zero-order valence-corrected chi connectivity index (χ0v) is 19.6. The summed E-state index contributed by atoms with van der Waals surface area (Å²) in [5.41, 5.74) is 8.68. The summed E-state index contributed by atoms with van der Waals surface area (Å²) in [5, 5.41) is 5.74. The maximum Gasteiger partial charge on any atom is 0.341 e. The molecule has 0 aliphatic heterocycles. The average Bonchev–Trinajstić information content (AvgIpc) is 3.12. The average molecular weight is 468 g/mol. The lowest BCUT2D eigenvalue weighted by Crippen LogP contribution is -2.15. The second-order valence-corrected chi connectivity index (χ2v) is 8.21.